The van der Waals surface area contributed by atoms with Gasteiger partial charge in [0.1, 0.15) is 5.75 Å². The standard InChI is InChI=1S/C20H23N3O4/c1-26-18-5-3-2-4-16(18)14-21-19(24)15-6-8-17(9-7-15)22-20(25)23-10-12-27-13-11-23/h2-9H,10-14H2,1H3,(H,21,24)(H,22,25). The molecule has 1 aliphatic rings. The number of anilines is 1. The fourth-order valence-electron chi connectivity index (χ4n) is 2.80. The summed E-state index contributed by atoms with van der Waals surface area (Å²) >= 11 is 0. The minimum absolute atomic E-state index is 0.160. The summed E-state index contributed by atoms with van der Waals surface area (Å²) in [5, 5.41) is 5.71. The van der Waals surface area contributed by atoms with Crippen molar-refractivity contribution in [3.8, 4) is 5.75 Å². The van der Waals surface area contributed by atoms with Gasteiger partial charge in [-0.3, -0.25) is 4.79 Å². The lowest BCUT2D eigenvalue weighted by molar-refractivity contribution is 0.0564. The number of rotatable bonds is 5. The van der Waals surface area contributed by atoms with Gasteiger partial charge in [0, 0.05) is 36.4 Å². The zero-order valence-corrected chi connectivity index (χ0v) is 15.2. The van der Waals surface area contributed by atoms with Crippen LogP contribution in [-0.4, -0.2) is 50.3 Å². The lowest BCUT2D eigenvalue weighted by Crippen LogP contribution is -2.43. The molecule has 1 saturated heterocycles. The molecule has 0 spiro atoms. The monoisotopic (exact) mass is 369 g/mol. The summed E-state index contributed by atoms with van der Waals surface area (Å²) in [6.07, 6.45) is 0. The summed E-state index contributed by atoms with van der Waals surface area (Å²) in [7, 11) is 1.60. The predicted octanol–water partition coefficient (Wildman–Crippen LogP) is 2.49. The fraction of sp³-hybridized carbons (Fsp3) is 0.300. The summed E-state index contributed by atoms with van der Waals surface area (Å²) in [6, 6.07) is 14.2. The van der Waals surface area contributed by atoms with E-state index in [1.54, 1.807) is 36.3 Å². The van der Waals surface area contributed by atoms with Gasteiger partial charge in [0.15, 0.2) is 0 Å². The first-order chi connectivity index (χ1) is 13.2. The first-order valence-electron chi connectivity index (χ1n) is 8.81. The first kappa shape index (κ1) is 18.7. The number of benzene rings is 2. The Kier molecular flexibility index (Phi) is 6.27. The molecule has 0 bridgehead atoms. The highest BCUT2D eigenvalue weighted by atomic mass is 16.5. The van der Waals surface area contributed by atoms with Crippen LogP contribution in [0.4, 0.5) is 10.5 Å². The van der Waals surface area contributed by atoms with Crippen LogP contribution >= 0.6 is 0 Å². The maximum atomic E-state index is 12.3. The molecule has 2 N–H and O–H groups in total. The van der Waals surface area contributed by atoms with Crippen LogP contribution < -0.4 is 15.4 Å². The molecule has 0 aromatic heterocycles. The molecule has 0 atom stereocenters. The third kappa shape index (κ3) is 4.98. The van der Waals surface area contributed by atoms with E-state index in [-0.39, 0.29) is 11.9 Å². The van der Waals surface area contributed by atoms with Crippen molar-refractivity contribution in [2.45, 2.75) is 6.54 Å². The smallest absolute Gasteiger partial charge is 0.321 e. The van der Waals surface area contributed by atoms with Crippen molar-refractivity contribution in [3.63, 3.8) is 0 Å². The zero-order valence-electron chi connectivity index (χ0n) is 15.2. The van der Waals surface area contributed by atoms with E-state index in [4.69, 9.17) is 9.47 Å². The number of nitrogens with one attached hydrogen (secondary N) is 2. The number of urea groups is 1. The van der Waals surface area contributed by atoms with Crippen LogP contribution in [0.5, 0.6) is 5.75 Å². The molecule has 0 saturated carbocycles. The zero-order chi connectivity index (χ0) is 19.1. The quantitative estimate of drug-likeness (QED) is 0.849. The summed E-state index contributed by atoms with van der Waals surface area (Å²) < 4.78 is 10.5. The first-order valence-corrected chi connectivity index (χ1v) is 8.81. The topological polar surface area (TPSA) is 79.9 Å². The highest BCUT2D eigenvalue weighted by molar-refractivity contribution is 5.95. The van der Waals surface area contributed by atoms with Gasteiger partial charge in [0.05, 0.1) is 20.3 Å². The maximum Gasteiger partial charge on any atom is 0.321 e. The van der Waals surface area contributed by atoms with E-state index in [9.17, 15) is 9.59 Å². The molecule has 3 rings (SSSR count). The number of morpholine rings is 1. The van der Waals surface area contributed by atoms with Crippen LogP contribution in [0.3, 0.4) is 0 Å². The molecule has 2 aromatic carbocycles. The van der Waals surface area contributed by atoms with Gasteiger partial charge in [0.2, 0.25) is 0 Å². The summed E-state index contributed by atoms with van der Waals surface area (Å²) in [5.74, 6) is 0.547. The third-order valence-electron chi connectivity index (χ3n) is 4.33. The van der Waals surface area contributed by atoms with Gasteiger partial charge in [-0.2, -0.15) is 0 Å². The van der Waals surface area contributed by atoms with E-state index < -0.39 is 0 Å². The van der Waals surface area contributed by atoms with Crippen molar-refractivity contribution < 1.29 is 19.1 Å². The minimum Gasteiger partial charge on any atom is -0.496 e. The van der Waals surface area contributed by atoms with Gasteiger partial charge in [-0.1, -0.05) is 18.2 Å². The number of hydrogen-bond acceptors (Lipinski definition) is 4. The Morgan fingerprint density at radius 2 is 1.78 bits per heavy atom. The summed E-state index contributed by atoms with van der Waals surface area (Å²) in [5.41, 5.74) is 2.07. The molecule has 27 heavy (non-hydrogen) atoms. The van der Waals surface area contributed by atoms with Crippen LogP contribution in [0.1, 0.15) is 15.9 Å². The Hall–Kier alpha value is -3.06. The van der Waals surface area contributed by atoms with E-state index in [1.807, 2.05) is 24.3 Å². The number of amides is 3. The van der Waals surface area contributed by atoms with Crippen molar-refractivity contribution >= 4 is 17.6 Å². The highest BCUT2D eigenvalue weighted by Crippen LogP contribution is 2.17. The highest BCUT2D eigenvalue weighted by Gasteiger charge is 2.16. The van der Waals surface area contributed by atoms with Crippen molar-refractivity contribution in [2.75, 3.05) is 38.7 Å². The molecule has 0 aliphatic carbocycles. The second-order valence-electron chi connectivity index (χ2n) is 6.10. The number of carbonyl (C=O) groups excluding carboxylic acids is 2. The largest absolute Gasteiger partial charge is 0.496 e. The van der Waals surface area contributed by atoms with Gasteiger partial charge < -0.3 is 25.0 Å². The molecule has 3 amide bonds. The van der Waals surface area contributed by atoms with Gasteiger partial charge in [-0.05, 0) is 30.3 Å². The van der Waals surface area contributed by atoms with E-state index in [0.29, 0.717) is 44.1 Å². The Morgan fingerprint density at radius 3 is 2.48 bits per heavy atom. The third-order valence-corrected chi connectivity index (χ3v) is 4.33. The van der Waals surface area contributed by atoms with Crippen molar-refractivity contribution in [2.24, 2.45) is 0 Å². The van der Waals surface area contributed by atoms with Crippen molar-refractivity contribution in [1.82, 2.24) is 10.2 Å². The number of methoxy groups -OCH3 is 1. The van der Waals surface area contributed by atoms with Gasteiger partial charge in [-0.25, -0.2) is 4.79 Å². The lowest BCUT2D eigenvalue weighted by atomic mass is 10.1. The molecule has 142 valence electrons. The van der Waals surface area contributed by atoms with Crippen molar-refractivity contribution in [3.05, 3.63) is 59.7 Å². The van der Waals surface area contributed by atoms with E-state index >= 15 is 0 Å². The molecular formula is C20H23N3O4. The van der Waals surface area contributed by atoms with Crippen molar-refractivity contribution in [1.29, 1.82) is 0 Å². The molecule has 1 fully saturated rings. The van der Waals surface area contributed by atoms with Gasteiger partial charge in [0.25, 0.3) is 5.91 Å². The van der Waals surface area contributed by atoms with E-state index in [2.05, 4.69) is 10.6 Å². The van der Waals surface area contributed by atoms with Crippen LogP contribution in [0.25, 0.3) is 0 Å². The molecule has 7 heteroatoms. The van der Waals surface area contributed by atoms with Gasteiger partial charge >= 0.3 is 6.03 Å². The second-order valence-corrected chi connectivity index (χ2v) is 6.10. The normalized spacial score (nSPS) is 13.7. The average Bonchev–Trinajstić information content (AvgIpc) is 2.73. The Labute approximate surface area is 158 Å². The molecule has 1 heterocycles. The second kappa shape index (κ2) is 9.05. The van der Waals surface area contributed by atoms with E-state index in [1.165, 1.54) is 0 Å². The van der Waals surface area contributed by atoms with Crippen LogP contribution in [0, 0.1) is 0 Å². The number of hydrogen-bond donors (Lipinski definition) is 2. The minimum atomic E-state index is -0.188. The fourth-order valence-corrected chi connectivity index (χ4v) is 2.80. The molecular weight excluding hydrogens is 346 g/mol. The van der Waals surface area contributed by atoms with E-state index in [0.717, 1.165) is 11.3 Å². The molecule has 0 unspecified atom stereocenters. The molecule has 7 nitrogen and oxygen atoms in total. The Bertz CT molecular complexity index is 786. The number of carbonyl (C=O) groups is 2. The van der Waals surface area contributed by atoms with Crippen LogP contribution in [0.2, 0.25) is 0 Å². The van der Waals surface area contributed by atoms with Gasteiger partial charge in [-0.15, -0.1) is 0 Å². The Morgan fingerprint density at radius 1 is 1.07 bits per heavy atom. The number of ether oxygens (including phenoxy) is 2. The maximum absolute atomic E-state index is 12.3. The summed E-state index contributed by atoms with van der Waals surface area (Å²) in [6.45, 7) is 2.64. The van der Waals surface area contributed by atoms with Crippen LogP contribution in [0.15, 0.2) is 48.5 Å². The molecule has 0 radical (unpaired) electrons. The Balaban J connectivity index is 1.54. The SMILES string of the molecule is COc1ccccc1CNC(=O)c1ccc(NC(=O)N2CCOCC2)cc1. The van der Waals surface area contributed by atoms with Crippen LogP contribution in [-0.2, 0) is 11.3 Å². The lowest BCUT2D eigenvalue weighted by Gasteiger charge is -2.26. The predicted molar refractivity (Wildman–Crippen MR) is 102 cm³/mol. The average molecular weight is 369 g/mol. The molecule has 2 aromatic rings. The molecule has 1 aliphatic heterocycles. The number of para-hydroxylation sites is 1. The summed E-state index contributed by atoms with van der Waals surface area (Å²) in [4.78, 5) is 26.2. The number of nitrogens with zero attached hydrogens (tertiary/aromatic N) is 1.